The van der Waals surface area contributed by atoms with Crippen LogP contribution in [-0.4, -0.2) is 40.6 Å². The highest BCUT2D eigenvalue weighted by Crippen LogP contribution is 2.15. The predicted octanol–water partition coefficient (Wildman–Crippen LogP) is 3.16. The first kappa shape index (κ1) is 21.1. The van der Waals surface area contributed by atoms with E-state index in [9.17, 15) is 0 Å². The van der Waals surface area contributed by atoms with E-state index in [2.05, 4.69) is 55.3 Å². The number of imidazole rings is 1. The Bertz CT molecular complexity index is 859. The van der Waals surface area contributed by atoms with E-state index in [0.717, 1.165) is 55.5 Å². The molecule has 0 fully saturated rings. The summed E-state index contributed by atoms with van der Waals surface area (Å²) < 4.78 is 2.27. The average molecular weight is 478 g/mol. The summed E-state index contributed by atoms with van der Waals surface area (Å²) in [7, 11) is 1.80. The molecule has 6 nitrogen and oxygen atoms in total. The van der Waals surface area contributed by atoms with Gasteiger partial charge in [0, 0.05) is 45.0 Å². The number of benzene rings is 1. The van der Waals surface area contributed by atoms with Crippen LogP contribution in [0.15, 0.2) is 53.7 Å². The highest BCUT2D eigenvalue weighted by Gasteiger charge is 2.06. The number of aryl methyl sites for hydroxylation is 2. The van der Waals surface area contributed by atoms with Gasteiger partial charge in [-0.25, -0.2) is 4.98 Å². The zero-order valence-corrected chi connectivity index (χ0v) is 18.2. The maximum Gasteiger partial charge on any atom is 0.190 e. The largest absolute Gasteiger partial charge is 0.356 e. The van der Waals surface area contributed by atoms with Crippen molar-refractivity contribution in [2.45, 2.75) is 26.3 Å². The van der Waals surface area contributed by atoms with Crippen LogP contribution in [0.5, 0.6) is 0 Å². The number of nitrogens with zero attached hydrogens (tertiary/aromatic N) is 4. The van der Waals surface area contributed by atoms with Crippen LogP contribution in [0.3, 0.4) is 0 Å². The molecule has 2 aromatic heterocycles. The molecule has 2 heterocycles. The highest BCUT2D eigenvalue weighted by atomic mass is 127. The molecule has 0 amide bonds. The maximum atomic E-state index is 4.61. The number of guanidine groups is 1. The lowest BCUT2D eigenvalue weighted by Crippen LogP contribution is -2.39. The molecular weight excluding hydrogens is 451 g/mol. The summed E-state index contributed by atoms with van der Waals surface area (Å²) in [5.74, 6) is 1.89. The molecule has 1 aromatic carbocycles. The predicted molar refractivity (Wildman–Crippen MR) is 122 cm³/mol. The van der Waals surface area contributed by atoms with Crippen LogP contribution < -0.4 is 10.6 Å². The fourth-order valence-corrected chi connectivity index (χ4v) is 3.00. The summed E-state index contributed by atoms with van der Waals surface area (Å²) in [5, 5.41) is 6.70. The van der Waals surface area contributed by atoms with Crippen LogP contribution in [0.4, 0.5) is 0 Å². The summed E-state index contributed by atoms with van der Waals surface area (Å²) in [5.41, 5.74) is 3.34. The number of hydrogen-bond donors (Lipinski definition) is 2. The minimum absolute atomic E-state index is 0. The summed E-state index contributed by atoms with van der Waals surface area (Å²) in [6.45, 7) is 4.66. The standard InChI is InChI=1S/C20H26N6.HI/c1-16-25-18-9-3-4-10-19(18)26(16)15-7-13-23-20(21-2)24-14-11-17-8-5-6-12-22-17;/h3-6,8-10,12H,7,11,13-15H2,1-2H3,(H2,21,23,24);1H. The van der Waals surface area contributed by atoms with Crippen LogP contribution >= 0.6 is 24.0 Å². The third-order valence-electron chi connectivity index (χ3n) is 4.32. The number of pyridine rings is 1. The average Bonchev–Trinajstić information content (AvgIpc) is 2.99. The van der Waals surface area contributed by atoms with Crippen molar-refractivity contribution >= 4 is 41.0 Å². The molecule has 0 aliphatic heterocycles. The maximum absolute atomic E-state index is 4.61. The van der Waals surface area contributed by atoms with Gasteiger partial charge in [0.15, 0.2) is 5.96 Å². The number of hydrogen-bond acceptors (Lipinski definition) is 3. The minimum Gasteiger partial charge on any atom is -0.356 e. The molecule has 0 spiro atoms. The Kier molecular flexibility index (Phi) is 8.50. The molecule has 0 unspecified atom stereocenters. The Morgan fingerprint density at radius 2 is 1.85 bits per heavy atom. The van der Waals surface area contributed by atoms with E-state index in [-0.39, 0.29) is 24.0 Å². The molecule has 0 bridgehead atoms. The van der Waals surface area contributed by atoms with Gasteiger partial charge in [0.25, 0.3) is 0 Å². The molecule has 3 aromatic rings. The second kappa shape index (κ2) is 10.9. The lowest BCUT2D eigenvalue weighted by atomic mass is 10.3. The Morgan fingerprint density at radius 1 is 1.07 bits per heavy atom. The number of halogens is 1. The third kappa shape index (κ3) is 5.92. The summed E-state index contributed by atoms with van der Waals surface area (Å²) in [4.78, 5) is 13.2. The van der Waals surface area contributed by atoms with Crippen molar-refractivity contribution in [3.63, 3.8) is 0 Å². The van der Waals surface area contributed by atoms with E-state index in [1.54, 1.807) is 7.05 Å². The second-order valence-electron chi connectivity index (χ2n) is 6.15. The first-order valence-electron chi connectivity index (χ1n) is 9.04. The van der Waals surface area contributed by atoms with E-state index in [1.807, 2.05) is 30.5 Å². The SMILES string of the molecule is CN=C(NCCCn1c(C)nc2ccccc21)NCCc1ccccn1.I. The van der Waals surface area contributed by atoms with Crippen molar-refractivity contribution in [1.82, 2.24) is 25.2 Å². The van der Waals surface area contributed by atoms with Crippen molar-refractivity contribution < 1.29 is 0 Å². The molecule has 0 atom stereocenters. The van der Waals surface area contributed by atoms with Crippen molar-refractivity contribution in [2.75, 3.05) is 20.1 Å². The topological polar surface area (TPSA) is 67.1 Å². The first-order valence-corrected chi connectivity index (χ1v) is 9.04. The van der Waals surface area contributed by atoms with E-state index < -0.39 is 0 Å². The molecule has 0 aliphatic carbocycles. The molecule has 0 saturated heterocycles. The zero-order valence-electron chi connectivity index (χ0n) is 15.9. The molecule has 0 radical (unpaired) electrons. The molecule has 0 saturated carbocycles. The van der Waals surface area contributed by atoms with E-state index in [1.165, 1.54) is 5.52 Å². The van der Waals surface area contributed by atoms with Crippen molar-refractivity contribution in [1.29, 1.82) is 0 Å². The van der Waals surface area contributed by atoms with Gasteiger partial charge < -0.3 is 15.2 Å². The van der Waals surface area contributed by atoms with Gasteiger partial charge in [-0.05, 0) is 37.6 Å². The summed E-state index contributed by atoms with van der Waals surface area (Å²) in [6, 6.07) is 14.3. The van der Waals surface area contributed by atoms with Gasteiger partial charge in [-0.3, -0.25) is 9.98 Å². The number of fused-ring (bicyclic) bond motifs is 1. The Labute approximate surface area is 177 Å². The number of para-hydroxylation sites is 2. The van der Waals surface area contributed by atoms with E-state index in [0.29, 0.717) is 0 Å². The van der Waals surface area contributed by atoms with E-state index in [4.69, 9.17) is 0 Å². The summed E-state index contributed by atoms with van der Waals surface area (Å²) in [6.07, 6.45) is 3.70. The highest BCUT2D eigenvalue weighted by molar-refractivity contribution is 14.0. The van der Waals surface area contributed by atoms with Crippen LogP contribution in [0, 0.1) is 6.92 Å². The minimum atomic E-state index is 0. The molecule has 27 heavy (non-hydrogen) atoms. The van der Waals surface area contributed by atoms with Gasteiger partial charge in [0.2, 0.25) is 0 Å². The van der Waals surface area contributed by atoms with Gasteiger partial charge in [0.1, 0.15) is 5.82 Å². The van der Waals surface area contributed by atoms with Crippen LogP contribution in [-0.2, 0) is 13.0 Å². The number of rotatable bonds is 7. The van der Waals surface area contributed by atoms with Crippen molar-refractivity contribution in [2.24, 2.45) is 4.99 Å². The Balaban J connectivity index is 0.00000261. The fraction of sp³-hybridized carbons (Fsp3) is 0.350. The molecular formula is C20H27IN6. The molecule has 0 aliphatic rings. The fourth-order valence-electron chi connectivity index (χ4n) is 3.00. The Morgan fingerprint density at radius 3 is 2.63 bits per heavy atom. The number of aliphatic imine (C=N–C) groups is 1. The monoisotopic (exact) mass is 478 g/mol. The first-order chi connectivity index (χ1) is 12.8. The quantitative estimate of drug-likeness (QED) is 0.237. The van der Waals surface area contributed by atoms with Gasteiger partial charge in [0.05, 0.1) is 11.0 Å². The molecule has 7 heteroatoms. The third-order valence-corrected chi connectivity index (χ3v) is 4.32. The molecule has 3 rings (SSSR count). The lowest BCUT2D eigenvalue weighted by Gasteiger charge is -2.12. The van der Waals surface area contributed by atoms with Crippen molar-refractivity contribution in [3.05, 3.63) is 60.2 Å². The van der Waals surface area contributed by atoms with Gasteiger partial charge in [-0.15, -0.1) is 24.0 Å². The van der Waals surface area contributed by atoms with Gasteiger partial charge in [-0.1, -0.05) is 18.2 Å². The van der Waals surface area contributed by atoms with E-state index >= 15 is 0 Å². The van der Waals surface area contributed by atoms with Crippen LogP contribution in [0.1, 0.15) is 17.9 Å². The molecule has 2 N–H and O–H groups in total. The normalized spacial score (nSPS) is 11.3. The second-order valence-corrected chi connectivity index (χ2v) is 6.15. The molecule has 144 valence electrons. The number of nitrogens with one attached hydrogen (secondary N) is 2. The lowest BCUT2D eigenvalue weighted by molar-refractivity contribution is 0.624. The zero-order chi connectivity index (χ0) is 18.2. The Hall–Kier alpha value is -2.16. The number of aromatic nitrogens is 3. The van der Waals surface area contributed by atoms with Crippen LogP contribution in [0.2, 0.25) is 0 Å². The van der Waals surface area contributed by atoms with Gasteiger partial charge >= 0.3 is 0 Å². The summed E-state index contributed by atoms with van der Waals surface area (Å²) >= 11 is 0. The van der Waals surface area contributed by atoms with Crippen LogP contribution in [0.25, 0.3) is 11.0 Å². The van der Waals surface area contributed by atoms with Crippen molar-refractivity contribution in [3.8, 4) is 0 Å². The van der Waals surface area contributed by atoms with Gasteiger partial charge in [-0.2, -0.15) is 0 Å². The smallest absolute Gasteiger partial charge is 0.190 e.